The largest absolute Gasteiger partial charge is 0.135 e. The van der Waals surface area contributed by atoms with Gasteiger partial charge >= 0.3 is 0 Å². The summed E-state index contributed by atoms with van der Waals surface area (Å²) in [7, 11) is 0. The van der Waals surface area contributed by atoms with Crippen LogP contribution in [0.2, 0.25) is 0 Å². The van der Waals surface area contributed by atoms with Gasteiger partial charge in [-0.15, -0.1) is 22.7 Å². The van der Waals surface area contributed by atoms with Crippen LogP contribution in [0.25, 0.3) is 40.3 Å². The van der Waals surface area contributed by atoms with Gasteiger partial charge < -0.3 is 0 Å². The Bertz CT molecular complexity index is 1370. The zero-order chi connectivity index (χ0) is 27.6. The number of aryl methyl sites for hydroxylation is 2. The summed E-state index contributed by atoms with van der Waals surface area (Å²) in [5, 5.41) is 5.84. The third kappa shape index (κ3) is 7.68. The number of rotatable bonds is 18. The molecule has 0 N–H and O–H groups in total. The Balaban J connectivity index is 1.23. The van der Waals surface area contributed by atoms with E-state index in [0.717, 1.165) is 0 Å². The van der Waals surface area contributed by atoms with Crippen molar-refractivity contribution < 1.29 is 0 Å². The normalized spacial score (nSPS) is 12.1. The average Bonchev–Trinajstić information content (AvgIpc) is 3.51. The van der Waals surface area contributed by atoms with Gasteiger partial charge in [-0.2, -0.15) is 0 Å². The van der Waals surface area contributed by atoms with Crippen molar-refractivity contribution in [3.63, 3.8) is 0 Å². The molecule has 0 saturated heterocycles. The molecule has 0 fully saturated rings. The first-order valence-electron chi connectivity index (χ1n) is 16.6. The van der Waals surface area contributed by atoms with Crippen LogP contribution in [0.5, 0.6) is 0 Å². The van der Waals surface area contributed by atoms with E-state index in [9.17, 15) is 0 Å². The van der Waals surface area contributed by atoms with Gasteiger partial charge in [0.2, 0.25) is 0 Å². The highest BCUT2D eigenvalue weighted by atomic mass is 32.1. The number of fused-ring (bicyclic) bond motifs is 6. The Morgan fingerprint density at radius 3 is 1.12 bits per heavy atom. The minimum absolute atomic E-state index is 1.22. The summed E-state index contributed by atoms with van der Waals surface area (Å²) in [5.74, 6) is 0. The Morgan fingerprint density at radius 1 is 0.375 bits per heavy atom. The molecule has 3 aromatic carbocycles. The van der Waals surface area contributed by atoms with Gasteiger partial charge in [0.25, 0.3) is 0 Å². The van der Waals surface area contributed by atoms with Gasteiger partial charge in [-0.3, -0.25) is 0 Å². The summed E-state index contributed by atoms with van der Waals surface area (Å²) in [6.45, 7) is 4.60. The van der Waals surface area contributed by atoms with Crippen LogP contribution < -0.4 is 0 Å². The number of unbranched alkanes of at least 4 members (excludes halogenated alkanes) is 14. The van der Waals surface area contributed by atoms with Crippen molar-refractivity contribution in [2.45, 2.75) is 129 Å². The second-order valence-corrected chi connectivity index (χ2v) is 14.3. The number of thiophene rings is 2. The van der Waals surface area contributed by atoms with E-state index in [-0.39, 0.29) is 0 Å². The van der Waals surface area contributed by atoms with E-state index in [0.29, 0.717) is 0 Å². The van der Waals surface area contributed by atoms with E-state index in [1.807, 2.05) is 22.7 Å². The monoisotopic (exact) mass is 570 g/mol. The second-order valence-electron chi connectivity index (χ2n) is 12.2. The average molecular weight is 571 g/mol. The Kier molecular flexibility index (Phi) is 11.4. The van der Waals surface area contributed by atoms with Gasteiger partial charge in [0, 0.05) is 40.3 Å². The molecule has 2 heterocycles. The molecule has 5 aromatic rings. The van der Waals surface area contributed by atoms with Crippen molar-refractivity contribution in [3.8, 4) is 0 Å². The Labute approximate surface area is 251 Å². The van der Waals surface area contributed by atoms with Crippen molar-refractivity contribution in [3.05, 3.63) is 59.7 Å². The van der Waals surface area contributed by atoms with Crippen LogP contribution in [0.3, 0.4) is 0 Å². The number of hydrogen-bond acceptors (Lipinski definition) is 2. The third-order valence-electron chi connectivity index (χ3n) is 8.83. The SMILES string of the molecule is CCCCCCCCCCc1ccc2sc3cc4c(cc3c2c1)sc1ccc(CCCCCCCCCC)cc14. The summed E-state index contributed by atoms with van der Waals surface area (Å²) in [6, 6.07) is 19.5. The topological polar surface area (TPSA) is 0 Å². The predicted molar refractivity (Wildman–Crippen MR) is 185 cm³/mol. The quantitative estimate of drug-likeness (QED) is 0.0919. The van der Waals surface area contributed by atoms with Crippen LogP contribution >= 0.6 is 22.7 Å². The number of benzene rings is 3. The van der Waals surface area contributed by atoms with Gasteiger partial charge in [0.15, 0.2) is 0 Å². The molecule has 2 heteroatoms. The lowest BCUT2D eigenvalue weighted by Crippen LogP contribution is -1.86. The highest BCUT2D eigenvalue weighted by Crippen LogP contribution is 2.42. The van der Waals surface area contributed by atoms with Crippen molar-refractivity contribution in [1.29, 1.82) is 0 Å². The maximum absolute atomic E-state index is 2.50. The first-order valence-corrected chi connectivity index (χ1v) is 18.2. The smallest absolute Gasteiger partial charge is 0.0362 e. The molecule has 0 saturated carbocycles. The summed E-state index contributed by atoms with van der Waals surface area (Å²) in [6.07, 6.45) is 24.6. The van der Waals surface area contributed by atoms with E-state index in [1.165, 1.54) is 167 Å². The fourth-order valence-corrected chi connectivity index (χ4v) is 8.59. The first kappa shape index (κ1) is 29.6. The summed E-state index contributed by atoms with van der Waals surface area (Å²) in [4.78, 5) is 0. The van der Waals surface area contributed by atoms with E-state index < -0.39 is 0 Å². The Morgan fingerprint density at radius 2 is 0.725 bits per heavy atom. The minimum atomic E-state index is 1.22. The van der Waals surface area contributed by atoms with Gasteiger partial charge in [-0.05, 0) is 73.2 Å². The fourth-order valence-electron chi connectivity index (χ4n) is 6.38. The van der Waals surface area contributed by atoms with Crippen molar-refractivity contribution in [2.75, 3.05) is 0 Å². The zero-order valence-electron chi connectivity index (χ0n) is 25.2. The first-order chi connectivity index (χ1) is 19.8. The third-order valence-corrected chi connectivity index (χ3v) is 11.1. The molecule has 0 atom stereocenters. The molecule has 214 valence electrons. The molecular formula is C38H50S2. The molecule has 2 aromatic heterocycles. The van der Waals surface area contributed by atoms with Crippen LogP contribution in [-0.4, -0.2) is 0 Å². The second kappa shape index (κ2) is 15.4. The number of hydrogen-bond donors (Lipinski definition) is 0. The summed E-state index contributed by atoms with van der Waals surface area (Å²) in [5.41, 5.74) is 3.03. The summed E-state index contributed by atoms with van der Waals surface area (Å²) < 4.78 is 5.76. The Hall–Kier alpha value is -1.90. The highest BCUT2D eigenvalue weighted by molar-refractivity contribution is 7.27. The van der Waals surface area contributed by atoms with Crippen LogP contribution in [0.15, 0.2) is 48.5 Å². The minimum Gasteiger partial charge on any atom is -0.135 e. The van der Waals surface area contributed by atoms with E-state index in [2.05, 4.69) is 62.4 Å². The predicted octanol–water partition coefficient (Wildman–Crippen LogP) is 13.8. The molecule has 0 bridgehead atoms. The summed E-state index contributed by atoms with van der Waals surface area (Å²) >= 11 is 3.95. The van der Waals surface area contributed by atoms with Crippen LogP contribution in [-0.2, 0) is 12.8 Å². The van der Waals surface area contributed by atoms with Crippen LogP contribution in [0.1, 0.15) is 128 Å². The molecule has 0 radical (unpaired) electrons. The van der Waals surface area contributed by atoms with Crippen LogP contribution in [0, 0.1) is 0 Å². The molecule has 5 rings (SSSR count). The molecular weight excluding hydrogens is 521 g/mol. The molecule has 0 aliphatic carbocycles. The molecule has 0 unspecified atom stereocenters. The maximum atomic E-state index is 2.50. The van der Waals surface area contributed by atoms with E-state index in [1.54, 1.807) is 0 Å². The molecule has 0 aliphatic rings. The lowest BCUT2D eigenvalue weighted by molar-refractivity contribution is 0.575. The van der Waals surface area contributed by atoms with Crippen molar-refractivity contribution >= 4 is 63.0 Å². The van der Waals surface area contributed by atoms with Gasteiger partial charge in [0.1, 0.15) is 0 Å². The maximum Gasteiger partial charge on any atom is 0.0362 e. The highest BCUT2D eigenvalue weighted by Gasteiger charge is 2.12. The van der Waals surface area contributed by atoms with Gasteiger partial charge in [-0.1, -0.05) is 116 Å². The van der Waals surface area contributed by atoms with Gasteiger partial charge in [0.05, 0.1) is 0 Å². The van der Waals surface area contributed by atoms with Crippen molar-refractivity contribution in [2.24, 2.45) is 0 Å². The van der Waals surface area contributed by atoms with E-state index in [4.69, 9.17) is 0 Å². The lowest BCUT2D eigenvalue weighted by Gasteiger charge is -2.04. The molecule has 0 spiro atoms. The molecule has 0 aliphatic heterocycles. The van der Waals surface area contributed by atoms with Gasteiger partial charge in [-0.25, -0.2) is 0 Å². The molecule has 40 heavy (non-hydrogen) atoms. The molecule has 0 nitrogen and oxygen atoms in total. The lowest BCUT2D eigenvalue weighted by atomic mass is 10.0. The fraction of sp³-hybridized carbons (Fsp3) is 0.526. The molecule has 0 amide bonds. The standard InChI is InChI=1S/C38H50S2/c1-3-5-7-9-11-13-15-17-19-29-21-23-35-31(25-29)33-27-38-34(28-37(33)39-35)32-26-30(22-24-36(32)40-38)20-18-16-14-12-10-8-6-4-2/h21-28H,3-20H2,1-2H3. The zero-order valence-corrected chi connectivity index (χ0v) is 26.8. The van der Waals surface area contributed by atoms with Crippen LogP contribution in [0.4, 0.5) is 0 Å². The van der Waals surface area contributed by atoms with Crippen molar-refractivity contribution in [1.82, 2.24) is 0 Å². The van der Waals surface area contributed by atoms with E-state index >= 15 is 0 Å².